The van der Waals surface area contributed by atoms with Gasteiger partial charge in [-0.05, 0) is 57.1 Å². The van der Waals surface area contributed by atoms with Gasteiger partial charge in [-0.2, -0.15) is 0 Å². The molecule has 1 aliphatic heterocycles. The Morgan fingerprint density at radius 2 is 2.03 bits per heavy atom. The van der Waals surface area contributed by atoms with Crippen LogP contribution >= 0.6 is 0 Å². The number of phenolic OH excluding ortho intramolecular Hbond substituents is 1. The number of ether oxygens (including phenoxy) is 2. The molecule has 4 nitrogen and oxygen atoms in total. The molecular weight excluding hydrogens is 364 g/mol. The summed E-state index contributed by atoms with van der Waals surface area (Å²) in [5, 5.41) is 11.1. The van der Waals surface area contributed by atoms with E-state index in [2.05, 4.69) is 26.5 Å². The molecule has 2 aliphatic rings. The van der Waals surface area contributed by atoms with Gasteiger partial charge in [-0.15, -0.1) is 0 Å². The third kappa shape index (κ3) is 4.36. The van der Waals surface area contributed by atoms with Crippen molar-refractivity contribution in [3.05, 3.63) is 46.6 Å². The lowest BCUT2D eigenvalue weighted by atomic mass is 9.73. The first-order valence-corrected chi connectivity index (χ1v) is 11.0. The highest BCUT2D eigenvalue weighted by Gasteiger charge is 2.38. The number of hydrogen-bond acceptors (Lipinski definition) is 4. The lowest BCUT2D eigenvalue weighted by Gasteiger charge is -2.35. The molecule has 0 spiro atoms. The van der Waals surface area contributed by atoms with Gasteiger partial charge in [0, 0.05) is 17.9 Å². The van der Waals surface area contributed by atoms with Gasteiger partial charge in [0.2, 0.25) is 6.29 Å². The number of esters is 1. The van der Waals surface area contributed by atoms with Gasteiger partial charge >= 0.3 is 5.97 Å². The van der Waals surface area contributed by atoms with Crippen molar-refractivity contribution in [1.29, 1.82) is 0 Å². The molecule has 0 saturated carbocycles. The van der Waals surface area contributed by atoms with Crippen molar-refractivity contribution >= 4 is 5.97 Å². The minimum absolute atomic E-state index is 0.0527. The Kier molecular flexibility index (Phi) is 6.71. The van der Waals surface area contributed by atoms with Crippen molar-refractivity contribution in [2.45, 2.75) is 84.8 Å². The molecule has 1 aromatic rings. The van der Waals surface area contributed by atoms with Crippen LogP contribution in [0.5, 0.6) is 11.5 Å². The van der Waals surface area contributed by atoms with Gasteiger partial charge in [-0.1, -0.05) is 50.5 Å². The number of aromatic hydroxyl groups is 1. The van der Waals surface area contributed by atoms with Crippen LogP contribution in [-0.2, 0) is 11.2 Å². The summed E-state index contributed by atoms with van der Waals surface area (Å²) >= 11 is 0. The minimum Gasteiger partial charge on any atom is -0.507 e. The van der Waals surface area contributed by atoms with Gasteiger partial charge in [-0.3, -0.25) is 0 Å². The summed E-state index contributed by atoms with van der Waals surface area (Å²) in [7, 11) is 0. The molecular formula is C25H34O4. The van der Waals surface area contributed by atoms with Crippen LogP contribution in [0.3, 0.4) is 0 Å². The molecule has 0 saturated heterocycles. The lowest BCUT2D eigenvalue weighted by molar-refractivity contribution is -0.0621. The topological polar surface area (TPSA) is 55.8 Å². The third-order valence-corrected chi connectivity index (χ3v) is 6.17. The van der Waals surface area contributed by atoms with E-state index in [0.29, 0.717) is 23.3 Å². The maximum atomic E-state index is 12.9. The van der Waals surface area contributed by atoms with Crippen LogP contribution in [0.15, 0.2) is 29.9 Å². The number of fused-ring (bicyclic) bond motifs is 1. The minimum atomic E-state index is -0.615. The molecule has 1 heterocycles. The third-order valence-electron chi connectivity index (χ3n) is 6.17. The number of benzene rings is 1. The summed E-state index contributed by atoms with van der Waals surface area (Å²) in [4.78, 5) is 12.9. The number of cyclic esters (lactones) is 1. The van der Waals surface area contributed by atoms with Gasteiger partial charge in [0.05, 0.1) is 0 Å². The van der Waals surface area contributed by atoms with Crippen molar-refractivity contribution in [3.8, 4) is 11.5 Å². The van der Waals surface area contributed by atoms with E-state index in [0.717, 1.165) is 49.7 Å². The molecule has 0 fully saturated rings. The highest BCUT2D eigenvalue weighted by atomic mass is 16.7. The van der Waals surface area contributed by atoms with Gasteiger partial charge < -0.3 is 14.6 Å². The zero-order chi connectivity index (χ0) is 21.1. The molecule has 3 rings (SSSR count). The van der Waals surface area contributed by atoms with Crippen molar-refractivity contribution in [3.63, 3.8) is 0 Å². The smallest absolute Gasteiger partial charge is 0.345 e. The van der Waals surface area contributed by atoms with Crippen LogP contribution in [0.1, 0.15) is 93.6 Å². The predicted molar refractivity (Wildman–Crippen MR) is 115 cm³/mol. The molecule has 3 atom stereocenters. The summed E-state index contributed by atoms with van der Waals surface area (Å²) in [6, 6.07) is 1.76. The van der Waals surface area contributed by atoms with E-state index in [1.54, 1.807) is 6.07 Å². The summed E-state index contributed by atoms with van der Waals surface area (Å²) in [5.74, 6) is 0.544. The molecule has 1 aliphatic carbocycles. The number of carbonyl (C=O) groups excluding carboxylic acids is 1. The first kappa shape index (κ1) is 21.5. The maximum Gasteiger partial charge on any atom is 0.345 e. The first-order valence-electron chi connectivity index (χ1n) is 11.0. The summed E-state index contributed by atoms with van der Waals surface area (Å²) in [5.41, 5.74) is 4.40. The molecule has 0 amide bonds. The van der Waals surface area contributed by atoms with Crippen molar-refractivity contribution in [1.82, 2.24) is 0 Å². The Bertz CT molecular complexity index is 821. The van der Waals surface area contributed by atoms with Gasteiger partial charge in [-0.25, -0.2) is 4.79 Å². The fourth-order valence-corrected chi connectivity index (χ4v) is 4.55. The van der Waals surface area contributed by atoms with Crippen LogP contribution in [0.2, 0.25) is 0 Å². The number of rotatable bonds is 7. The van der Waals surface area contributed by atoms with E-state index in [4.69, 9.17) is 9.47 Å². The Labute approximate surface area is 174 Å². The molecule has 0 bridgehead atoms. The van der Waals surface area contributed by atoms with E-state index < -0.39 is 6.29 Å². The highest BCUT2D eigenvalue weighted by Crippen LogP contribution is 2.50. The fourth-order valence-electron chi connectivity index (χ4n) is 4.55. The number of carbonyl (C=O) groups is 1. The Balaban J connectivity index is 2.17. The summed E-state index contributed by atoms with van der Waals surface area (Å²) in [6.07, 6.45) is 8.02. The van der Waals surface area contributed by atoms with Crippen molar-refractivity contribution in [2.75, 3.05) is 0 Å². The Hall–Kier alpha value is -2.23. The predicted octanol–water partition coefficient (Wildman–Crippen LogP) is 6.43. The van der Waals surface area contributed by atoms with Crippen LogP contribution in [0.25, 0.3) is 0 Å². The Morgan fingerprint density at radius 1 is 1.28 bits per heavy atom. The second kappa shape index (κ2) is 9.06. The van der Waals surface area contributed by atoms with Crippen LogP contribution in [0, 0.1) is 5.92 Å². The SMILES string of the molecule is C=C(C)C1CCC(C)=CC1c1c(O)cc(CCCCC)c2c1OC(CC)OC2=O. The zero-order valence-corrected chi connectivity index (χ0v) is 18.2. The molecule has 0 radical (unpaired) electrons. The van der Waals surface area contributed by atoms with Gasteiger partial charge in [0.1, 0.15) is 17.1 Å². The average molecular weight is 399 g/mol. The summed E-state index contributed by atoms with van der Waals surface area (Å²) in [6.45, 7) is 12.4. The summed E-state index contributed by atoms with van der Waals surface area (Å²) < 4.78 is 11.7. The molecule has 158 valence electrons. The quantitative estimate of drug-likeness (QED) is 0.327. The molecule has 3 unspecified atom stereocenters. The zero-order valence-electron chi connectivity index (χ0n) is 18.2. The molecule has 29 heavy (non-hydrogen) atoms. The highest BCUT2D eigenvalue weighted by molar-refractivity contribution is 5.96. The molecule has 0 aromatic heterocycles. The van der Waals surface area contributed by atoms with E-state index in [1.807, 2.05) is 13.8 Å². The fraction of sp³-hybridized carbons (Fsp3) is 0.560. The second-order valence-corrected chi connectivity index (χ2v) is 8.52. The monoisotopic (exact) mass is 398 g/mol. The van der Waals surface area contributed by atoms with E-state index in [-0.39, 0.29) is 23.6 Å². The normalized spacial score (nSPS) is 23.7. The number of phenols is 1. The lowest BCUT2D eigenvalue weighted by Crippen LogP contribution is -2.32. The average Bonchev–Trinajstić information content (AvgIpc) is 2.67. The first-order chi connectivity index (χ1) is 13.9. The standard InChI is InChI=1S/C25H34O4/c1-6-8-9-10-17-14-20(26)23(19-13-16(5)11-12-18(19)15(3)4)24-22(17)25(27)29-21(7-2)28-24/h13-14,18-19,21,26H,3,6-12H2,1-2,4-5H3. The van der Waals surface area contributed by atoms with Crippen LogP contribution < -0.4 is 4.74 Å². The van der Waals surface area contributed by atoms with Crippen LogP contribution in [0.4, 0.5) is 0 Å². The Morgan fingerprint density at radius 3 is 2.69 bits per heavy atom. The number of hydrogen-bond donors (Lipinski definition) is 1. The number of unbranched alkanes of at least 4 members (excludes halogenated alkanes) is 2. The van der Waals surface area contributed by atoms with E-state index >= 15 is 0 Å². The van der Waals surface area contributed by atoms with E-state index in [1.165, 1.54) is 5.57 Å². The second-order valence-electron chi connectivity index (χ2n) is 8.52. The molecule has 4 heteroatoms. The maximum absolute atomic E-state index is 12.9. The van der Waals surface area contributed by atoms with Crippen LogP contribution in [-0.4, -0.2) is 17.4 Å². The molecule has 1 N–H and O–H groups in total. The van der Waals surface area contributed by atoms with Gasteiger partial charge in [0.15, 0.2) is 0 Å². The van der Waals surface area contributed by atoms with Gasteiger partial charge in [0.25, 0.3) is 0 Å². The van der Waals surface area contributed by atoms with Crippen molar-refractivity contribution in [2.24, 2.45) is 5.92 Å². The molecule has 1 aromatic carbocycles. The number of aryl methyl sites for hydroxylation is 1. The largest absolute Gasteiger partial charge is 0.507 e. The van der Waals surface area contributed by atoms with E-state index in [9.17, 15) is 9.90 Å². The number of allylic oxidation sites excluding steroid dienone is 3. The van der Waals surface area contributed by atoms with Crippen molar-refractivity contribution < 1.29 is 19.4 Å².